The van der Waals surface area contributed by atoms with Crippen molar-refractivity contribution >= 4 is 39.9 Å². The van der Waals surface area contributed by atoms with Crippen LogP contribution < -0.4 is 15.0 Å². The number of aryl methyl sites for hydroxylation is 1. The molecule has 136 valence electrons. The Morgan fingerprint density at radius 3 is 2.81 bits per heavy atom. The molecule has 2 aromatic rings. The monoisotopic (exact) mass is 376 g/mol. The van der Waals surface area contributed by atoms with Gasteiger partial charge in [-0.2, -0.15) is 0 Å². The first-order valence-corrected chi connectivity index (χ1v) is 8.68. The summed E-state index contributed by atoms with van der Waals surface area (Å²) in [6, 6.07) is 4.18. The number of hydrogen-bond acceptors (Lipinski definition) is 7. The number of carbonyl (C=O) groups is 3. The molecule has 2 amide bonds. The first-order chi connectivity index (χ1) is 12.4. The number of carbonyl (C=O) groups excluding carboxylic acids is 2. The van der Waals surface area contributed by atoms with E-state index in [0.29, 0.717) is 17.3 Å². The topological polar surface area (TPSA) is 122 Å². The molecule has 0 aliphatic carbocycles. The zero-order valence-electron chi connectivity index (χ0n) is 14.1. The molecule has 9 nitrogen and oxygen atoms in total. The van der Waals surface area contributed by atoms with Gasteiger partial charge in [-0.3, -0.25) is 19.8 Å². The van der Waals surface area contributed by atoms with Gasteiger partial charge in [0.2, 0.25) is 11.0 Å². The van der Waals surface area contributed by atoms with Crippen molar-refractivity contribution in [1.29, 1.82) is 0 Å². The van der Waals surface area contributed by atoms with E-state index in [4.69, 9.17) is 9.84 Å². The molecule has 0 bridgehead atoms. The fraction of sp³-hybridized carbons (Fsp3) is 0.312. The number of anilines is 2. The van der Waals surface area contributed by atoms with E-state index in [-0.39, 0.29) is 17.8 Å². The summed E-state index contributed by atoms with van der Waals surface area (Å²) in [5.41, 5.74) is 0.242. The first kappa shape index (κ1) is 17.8. The number of aromatic carboxylic acids is 1. The lowest BCUT2D eigenvalue weighted by Crippen LogP contribution is -2.47. The summed E-state index contributed by atoms with van der Waals surface area (Å²) < 4.78 is 5.49. The molecule has 1 atom stereocenters. The van der Waals surface area contributed by atoms with Gasteiger partial charge in [0.25, 0.3) is 5.91 Å². The highest BCUT2D eigenvalue weighted by atomic mass is 32.1. The fourth-order valence-corrected chi connectivity index (χ4v) is 3.15. The van der Waals surface area contributed by atoms with Crippen molar-refractivity contribution in [2.45, 2.75) is 26.4 Å². The summed E-state index contributed by atoms with van der Waals surface area (Å²) in [5, 5.41) is 20.7. The molecule has 0 saturated carbocycles. The van der Waals surface area contributed by atoms with Crippen LogP contribution in [0.15, 0.2) is 18.2 Å². The molecule has 0 saturated heterocycles. The van der Waals surface area contributed by atoms with E-state index in [0.717, 1.165) is 5.01 Å². The molecule has 1 aromatic heterocycles. The van der Waals surface area contributed by atoms with Crippen LogP contribution in [-0.2, 0) is 16.0 Å². The predicted octanol–water partition coefficient (Wildman–Crippen LogP) is 1.55. The summed E-state index contributed by atoms with van der Waals surface area (Å²) in [4.78, 5) is 37.2. The number of nitrogens with zero attached hydrogens (tertiary/aromatic N) is 3. The fourth-order valence-electron chi connectivity index (χ4n) is 2.45. The van der Waals surface area contributed by atoms with E-state index in [1.807, 2.05) is 6.92 Å². The summed E-state index contributed by atoms with van der Waals surface area (Å²) in [6.45, 7) is 3.21. The van der Waals surface area contributed by atoms with Gasteiger partial charge in [-0.15, -0.1) is 10.2 Å². The minimum atomic E-state index is -1.13. The lowest BCUT2D eigenvalue weighted by Gasteiger charge is -2.32. The van der Waals surface area contributed by atoms with Crippen LogP contribution in [0.3, 0.4) is 0 Å². The third-order valence-electron chi connectivity index (χ3n) is 3.73. The molecule has 2 N–H and O–H groups in total. The zero-order chi connectivity index (χ0) is 18.8. The maximum absolute atomic E-state index is 12.5. The smallest absolute Gasteiger partial charge is 0.335 e. The van der Waals surface area contributed by atoms with Crippen LogP contribution in [0.25, 0.3) is 0 Å². The Balaban J connectivity index is 1.83. The number of benzene rings is 1. The van der Waals surface area contributed by atoms with E-state index in [2.05, 4.69) is 15.5 Å². The lowest BCUT2D eigenvalue weighted by atomic mass is 10.1. The minimum absolute atomic E-state index is 0.00294. The maximum Gasteiger partial charge on any atom is 0.335 e. The average molecular weight is 376 g/mol. The normalized spacial score (nSPS) is 16.0. The molecule has 2 heterocycles. The third-order valence-corrected chi connectivity index (χ3v) is 4.71. The molecular formula is C16H16N4O5S. The molecule has 1 aliphatic heterocycles. The summed E-state index contributed by atoms with van der Waals surface area (Å²) in [6.07, 6.45) is -0.0718. The van der Waals surface area contributed by atoms with E-state index in [1.165, 1.54) is 34.4 Å². The second-order valence-electron chi connectivity index (χ2n) is 5.57. The van der Waals surface area contributed by atoms with Crippen molar-refractivity contribution in [3.63, 3.8) is 0 Å². The average Bonchev–Trinajstić information content (AvgIpc) is 3.06. The van der Waals surface area contributed by atoms with Crippen LogP contribution in [0.4, 0.5) is 10.8 Å². The van der Waals surface area contributed by atoms with Crippen molar-refractivity contribution < 1.29 is 24.2 Å². The van der Waals surface area contributed by atoms with Crippen molar-refractivity contribution in [3.8, 4) is 5.75 Å². The van der Waals surface area contributed by atoms with Gasteiger partial charge in [0.1, 0.15) is 17.3 Å². The van der Waals surface area contributed by atoms with Crippen LogP contribution in [-0.4, -0.2) is 45.7 Å². The predicted molar refractivity (Wildman–Crippen MR) is 93.8 cm³/mol. The Kier molecular flexibility index (Phi) is 4.85. The number of ether oxygens (including phenoxy) is 1. The number of amides is 2. The van der Waals surface area contributed by atoms with E-state index in [1.54, 1.807) is 6.92 Å². The molecule has 3 rings (SSSR count). The Morgan fingerprint density at radius 2 is 2.15 bits per heavy atom. The highest BCUT2D eigenvalue weighted by Gasteiger charge is 2.33. The number of rotatable bonds is 5. The van der Waals surface area contributed by atoms with Crippen molar-refractivity contribution in [1.82, 2.24) is 10.2 Å². The first-order valence-electron chi connectivity index (χ1n) is 7.86. The number of nitrogens with one attached hydrogen (secondary N) is 1. The van der Waals surface area contributed by atoms with Gasteiger partial charge >= 0.3 is 5.97 Å². The van der Waals surface area contributed by atoms with E-state index < -0.39 is 23.9 Å². The van der Waals surface area contributed by atoms with Gasteiger partial charge in [-0.05, 0) is 31.5 Å². The molecule has 0 fully saturated rings. The number of aromatic nitrogens is 2. The molecule has 26 heavy (non-hydrogen) atoms. The number of hydrogen-bond donors (Lipinski definition) is 2. The second kappa shape index (κ2) is 7.08. The third kappa shape index (κ3) is 3.49. The molecular weight excluding hydrogens is 360 g/mol. The van der Waals surface area contributed by atoms with Gasteiger partial charge < -0.3 is 9.84 Å². The van der Waals surface area contributed by atoms with Gasteiger partial charge in [0.05, 0.1) is 11.3 Å². The summed E-state index contributed by atoms with van der Waals surface area (Å²) in [5.74, 6) is -1.68. The largest absolute Gasteiger partial charge is 0.479 e. The van der Waals surface area contributed by atoms with Crippen LogP contribution in [0.1, 0.15) is 29.2 Å². The number of carboxylic acids is 1. The summed E-state index contributed by atoms with van der Waals surface area (Å²) in [7, 11) is 0. The minimum Gasteiger partial charge on any atom is -0.479 e. The maximum atomic E-state index is 12.5. The molecule has 0 radical (unpaired) electrons. The van der Waals surface area contributed by atoms with Crippen LogP contribution >= 0.6 is 11.3 Å². The van der Waals surface area contributed by atoms with Crippen molar-refractivity contribution in [2.24, 2.45) is 0 Å². The van der Waals surface area contributed by atoms with Gasteiger partial charge in [0.15, 0.2) is 6.10 Å². The van der Waals surface area contributed by atoms with Crippen LogP contribution in [0, 0.1) is 0 Å². The Labute approximate surface area is 152 Å². The number of carboxylic acid groups (broad SMARTS) is 1. The second-order valence-corrected chi connectivity index (χ2v) is 6.64. The van der Waals surface area contributed by atoms with E-state index >= 15 is 0 Å². The van der Waals surface area contributed by atoms with Gasteiger partial charge in [-0.25, -0.2) is 4.79 Å². The molecule has 1 unspecified atom stereocenters. The van der Waals surface area contributed by atoms with Crippen molar-refractivity contribution in [2.75, 3.05) is 16.8 Å². The number of fused-ring (bicyclic) bond motifs is 1. The van der Waals surface area contributed by atoms with Gasteiger partial charge in [0, 0.05) is 0 Å². The lowest BCUT2D eigenvalue weighted by molar-refractivity contribution is -0.127. The van der Waals surface area contributed by atoms with Crippen LogP contribution in [0.5, 0.6) is 5.75 Å². The molecule has 10 heteroatoms. The SMILES string of the molecule is CCc1nnc(NC(=O)CN2C(=O)C(C)Oc3ccc(C(=O)O)cc32)s1. The summed E-state index contributed by atoms with van der Waals surface area (Å²) >= 11 is 1.26. The van der Waals surface area contributed by atoms with Gasteiger partial charge in [-0.1, -0.05) is 18.3 Å². The molecule has 0 spiro atoms. The van der Waals surface area contributed by atoms with Crippen LogP contribution in [0.2, 0.25) is 0 Å². The quantitative estimate of drug-likeness (QED) is 0.812. The standard InChI is InChI=1S/C16H16N4O5S/c1-3-13-18-19-16(26-13)17-12(21)7-20-10-6-9(15(23)24)4-5-11(10)25-8(2)14(20)22/h4-6,8H,3,7H2,1-2H3,(H,23,24)(H,17,19,21). The highest BCUT2D eigenvalue weighted by molar-refractivity contribution is 7.15. The molecule has 1 aliphatic rings. The van der Waals surface area contributed by atoms with Crippen molar-refractivity contribution in [3.05, 3.63) is 28.8 Å². The Hall–Kier alpha value is -3.01. The highest BCUT2D eigenvalue weighted by Crippen LogP contribution is 2.35. The van der Waals surface area contributed by atoms with E-state index in [9.17, 15) is 14.4 Å². The Morgan fingerprint density at radius 1 is 1.38 bits per heavy atom. The molecule has 1 aromatic carbocycles. The Bertz CT molecular complexity index is 881. The zero-order valence-corrected chi connectivity index (χ0v) is 14.9.